The van der Waals surface area contributed by atoms with Crippen LogP contribution in [-0.4, -0.2) is 26.1 Å². The van der Waals surface area contributed by atoms with Crippen molar-refractivity contribution in [3.8, 4) is 36.2 Å². The summed E-state index contributed by atoms with van der Waals surface area (Å²) in [5.74, 6) is 6.01. The lowest BCUT2D eigenvalue weighted by Crippen LogP contribution is -2.16. The number of hydrogen-bond acceptors (Lipinski definition) is 4. The van der Waals surface area contributed by atoms with E-state index in [0.29, 0.717) is 35.8 Å². The molecule has 0 saturated heterocycles. The van der Waals surface area contributed by atoms with E-state index in [1.807, 2.05) is 18.2 Å². The number of carbonyl (C=O) groups is 1. The fraction of sp³-hybridized carbons (Fsp3) is 0.292. The van der Waals surface area contributed by atoms with E-state index < -0.39 is 6.10 Å². The Balaban J connectivity index is 1.98. The van der Waals surface area contributed by atoms with Crippen LogP contribution in [0.2, 0.25) is 5.02 Å². The molecule has 29 heavy (non-hydrogen) atoms. The Morgan fingerprint density at radius 1 is 1.07 bits per heavy atom. The van der Waals surface area contributed by atoms with Crippen LogP contribution in [0.5, 0.6) is 11.5 Å². The van der Waals surface area contributed by atoms with Gasteiger partial charge in [0.15, 0.2) is 17.3 Å². The van der Waals surface area contributed by atoms with Crippen LogP contribution >= 0.6 is 11.6 Å². The molecule has 1 atom stereocenters. The highest BCUT2D eigenvalue weighted by Crippen LogP contribution is 2.29. The topological polar surface area (TPSA) is 44.8 Å². The van der Waals surface area contributed by atoms with Crippen LogP contribution in [0.15, 0.2) is 42.5 Å². The first-order chi connectivity index (χ1) is 14.1. The van der Waals surface area contributed by atoms with Crippen molar-refractivity contribution in [2.75, 3.05) is 20.3 Å². The lowest BCUT2D eigenvalue weighted by Gasteiger charge is -2.16. The molecule has 0 radical (unpaired) electrons. The summed E-state index contributed by atoms with van der Waals surface area (Å²) in [4.78, 5) is 12.7. The van der Waals surface area contributed by atoms with Gasteiger partial charge in [-0.2, -0.15) is 0 Å². The largest absolute Gasteiger partial charge is 0.493 e. The molecule has 0 spiro atoms. The summed E-state index contributed by atoms with van der Waals surface area (Å²) in [6.45, 7) is 0.239. The molecule has 0 fully saturated rings. The maximum Gasteiger partial charge on any atom is 0.166 e. The Bertz CT molecular complexity index is 891. The SMILES string of the molecule is C#CCOc1ccc(CCCC(=O)C(OCC#C)c2ccc(Cl)cc2)cc1OC. The number of aryl methyl sites for hydroxylation is 1. The number of ether oxygens (including phenoxy) is 3. The van der Waals surface area contributed by atoms with Crippen molar-refractivity contribution in [1.29, 1.82) is 0 Å². The summed E-state index contributed by atoms with van der Waals surface area (Å²) in [5.41, 5.74) is 1.78. The summed E-state index contributed by atoms with van der Waals surface area (Å²) in [5, 5.41) is 0.598. The van der Waals surface area contributed by atoms with Gasteiger partial charge in [-0.1, -0.05) is 41.6 Å². The van der Waals surface area contributed by atoms with Crippen LogP contribution in [-0.2, 0) is 16.0 Å². The third kappa shape index (κ3) is 6.88. The van der Waals surface area contributed by atoms with Crippen LogP contribution in [0, 0.1) is 24.7 Å². The number of ketones is 1. The van der Waals surface area contributed by atoms with Crippen molar-refractivity contribution in [3.05, 3.63) is 58.6 Å². The minimum Gasteiger partial charge on any atom is -0.493 e. The van der Waals surface area contributed by atoms with Gasteiger partial charge in [0.25, 0.3) is 0 Å². The molecule has 0 N–H and O–H groups in total. The summed E-state index contributed by atoms with van der Waals surface area (Å²) in [6.07, 6.45) is 11.5. The quantitative estimate of drug-likeness (QED) is 0.506. The Kier molecular flexibility index (Phi) is 9.12. The molecule has 4 nitrogen and oxygen atoms in total. The maximum atomic E-state index is 12.7. The number of Topliss-reactive ketones (excluding diaryl/α,β-unsaturated/α-hetero) is 1. The van der Waals surface area contributed by atoms with Crippen molar-refractivity contribution >= 4 is 17.4 Å². The van der Waals surface area contributed by atoms with Crippen molar-refractivity contribution in [2.24, 2.45) is 0 Å². The number of hydrogen-bond donors (Lipinski definition) is 0. The molecule has 0 heterocycles. The highest BCUT2D eigenvalue weighted by Gasteiger charge is 2.20. The van der Waals surface area contributed by atoms with E-state index in [0.717, 1.165) is 11.1 Å². The summed E-state index contributed by atoms with van der Waals surface area (Å²) >= 11 is 5.93. The molecule has 2 aromatic rings. The van der Waals surface area contributed by atoms with Gasteiger partial charge >= 0.3 is 0 Å². The number of carbonyl (C=O) groups excluding carboxylic acids is 1. The average Bonchev–Trinajstić information content (AvgIpc) is 2.74. The molecule has 2 rings (SSSR count). The van der Waals surface area contributed by atoms with E-state index in [9.17, 15) is 4.79 Å². The maximum absolute atomic E-state index is 12.7. The van der Waals surface area contributed by atoms with Gasteiger partial charge in [0.05, 0.1) is 7.11 Å². The highest BCUT2D eigenvalue weighted by molar-refractivity contribution is 6.30. The van der Waals surface area contributed by atoms with Gasteiger partial charge in [-0.15, -0.1) is 12.8 Å². The first-order valence-electron chi connectivity index (χ1n) is 9.15. The third-order valence-corrected chi connectivity index (χ3v) is 4.48. The molecule has 150 valence electrons. The molecule has 0 bridgehead atoms. The monoisotopic (exact) mass is 410 g/mol. The van der Waals surface area contributed by atoms with Gasteiger partial charge < -0.3 is 14.2 Å². The van der Waals surface area contributed by atoms with Crippen molar-refractivity contribution in [2.45, 2.75) is 25.4 Å². The van der Waals surface area contributed by atoms with E-state index >= 15 is 0 Å². The zero-order chi connectivity index (χ0) is 21.1. The van der Waals surface area contributed by atoms with Crippen molar-refractivity contribution in [3.63, 3.8) is 0 Å². The Labute approximate surface area is 177 Å². The van der Waals surface area contributed by atoms with Gasteiger partial charge in [0, 0.05) is 11.4 Å². The summed E-state index contributed by atoms with van der Waals surface area (Å²) in [7, 11) is 1.57. The third-order valence-electron chi connectivity index (χ3n) is 4.23. The molecule has 0 saturated carbocycles. The summed E-state index contributed by atoms with van der Waals surface area (Å²) in [6, 6.07) is 12.7. The van der Waals surface area contributed by atoms with E-state index in [1.165, 1.54) is 0 Å². The normalized spacial score (nSPS) is 11.2. The predicted molar refractivity (Wildman–Crippen MR) is 114 cm³/mol. The minimum absolute atomic E-state index is 0.0245. The number of rotatable bonds is 11. The van der Waals surface area contributed by atoms with Crippen LogP contribution in [0.1, 0.15) is 30.1 Å². The average molecular weight is 411 g/mol. The summed E-state index contributed by atoms with van der Waals surface area (Å²) < 4.78 is 16.4. The van der Waals surface area contributed by atoms with E-state index in [2.05, 4.69) is 11.8 Å². The van der Waals surface area contributed by atoms with Crippen LogP contribution < -0.4 is 9.47 Å². The van der Waals surface area contributed by atoms with Crippen LogP contribution in [0.25, 0.3) is 0 Å². The number of methoxy groups -OCH3 is 1. The van der Waals surface area contributed by atoms with Crippen molar-refractivity contribution < 1.29 is 19.0 Å². The zero-order valence-corrected chi connectivity index (χ0v) is 17.1. The molecule has 0 aliphatic heterocycles. The lowest BCUT2D eigenvalue weighted by atomic mass is 9.99. The second-order valence-corrected chi connectivity index (χ2v) is 6.68. The number of terminal acetylenes is 2. The number of benzene rings is 2. The van der Waals surface area contributed by atoms with Gasteiger partial charge in [0.2, 0.25) is 0 Å². The second-order valence-electron chi connectivity index (χ2n) is 6.24. The van der Waals surface area contributed by atoms with Gasteiger partial charge in [-0.3, -0.25) is 4.79 Å². The van der Waals surface area contributed by atoms with Crippen LogP contribution in [0.3, 0.4) is 0 Å². The standard InChI is InChI=1S/C24H23ClO4/c1-4-15-28-22-14-9-18(17-23(22)27-3)7-6-8-21(26)24(29-16-5-2)19-10-12-20(25)13-11-19/h1-2,9-14,17,24H,6-8,15-16H2,3H3. The molecule has 0 aliphatic rings. The molecule has 1 unspecified atom stereocenters. The smallest absolute Gasteiger partial charge is 0.166 e. The fourth-order valence-electron chi connectivity index (χ4n) is 2.85. The molecule has 2 aromatic carbocycles. The van der Waals surface area contributed by atoms with Gasteiger partial charge in [0.1, 0.15) is 19.3 Å². The fourth-order valence-corrected chi connectivity index (χ4v) is 2.97. The van der Waals surface area contributed by atoms with Crippen molar-refractivity contribution in [1.82, 2.24) is 0 Å². The molecule has 5 heteroatoms. The first kappa shape index (κ1) is 22.4. The van der Waals surface area contributed by atoms with Gasteiger partial charge in [-0.05, 0) is 48.2 Å². The highest BCUT2D eigenvalue weighted by atomic mass is 35.5. The Hall–Kier alpha value is -2.92. The Morgan fingerprint density at radius 2 is 1.79 bits per heavy atom. The van der Waals surface area contributed by atoms with Gasteiger partial charge in [-0.25, -0.2) is 0 Å². The molecule has 0 aliphatic carbocycles. The number of halogens is 1. The van der Waals surface area contributed by atoms with Crippen LogP contribution in [0.4, 0.5) is 0 Å². The molecular weight excluding hydrogens is 388 g/mol. The molecule has 0 amide bonds. The van der Waals surface area contributed by atoms with E-state index in [-0.39, 0.29) is 19.0 Å². The molecular formula is C24H23ClO4. The predicted octanol–water partition coefficient (Wildman–Crippen LogP) is 4.64. The molecule has 0 aromatic heterocycles. The van der Waals surface area contributed by atoms with E-state index in [1.54, 1.807) is 31.4 Å². The zero-order valence-electron chi connectivity index (χ0n) is 16.3. The second kappa shape index (κ2) is 11.8. The minimum atomic E-state index is -0.697. The Morgan fingerprint density at radius 3 is 2.45 bits per heavy atom. The first-order valence-corrected chi connectivity index (χ1v) is 9.53. The van der Waals surface area contributed by atoms with E-state index in [4.69, 9.17) is 38.7 Å². The lowest BCUT2D eigenvalue weighted by molar-refractivity contribution is -0.130.